The summed E-state index contributed by atoms with van der Waals surface area (Å²) in [6, 6.07) is 0. The lowest BCUT2D eigenvalue weighted by molar-refractivity contribution is -0.151. The largest absolute Gasteiger partial charge is 0.299 e. The highest BCUT2D eigenvalue weighted by Gasteiger charge is 2.61. The van der Waals surface area contributed by atoms with Crippen molar-refractivity contribution in [2.24, 2.45) is 34.5 Å². The van der Waals surface area contributed by atoms with Crippen LogP contribution in [0.15, 0.2) is 0 Å². The molecule has 0 N–H and O–H groups in total. The lowest BCUT2D eigenvalue weighted by atomic mass is 9.45. The van der Waals surface area contributed by atoms with E-state index in [9.17, 15) is 14.0 Å². The summed E-state index contributed by atoms with van der Waals surface area (Å²) in [4.78, 5) is 24.2. The molecule has 0 saturated heterocycles. The number of carbonyl (C=O) groups excluding carboxylic acids is 2. The topological polar surface area (TPSA) is 34.1 Å². The van der Waals surface area contributed by atoms with Crippen LogP contribution in [0.2, 0.25) is 0 Å². The third-order valence-electron chi connectivity index (χ3n) is 8.19. The average molecular weight is 306 g/mol. The number of rotatable bonds is 0. The first kappa shape index (κ1) is 14.8. The number of alkyl halides is 1. The minimum Gasteiger partial charge on any atom is -0.299 e. The third kappa shape index (κ3) is 1.77. The molecule has 7 atom stereocenters. The van der Waals surface area contributed by atoms with Crippen LogP contribution in [0, 0.1) is 34.5 Å². The zero-order valence-electron chi connectivity index (χ0n) is 13.7. The van der Waals surface area contributed by atoms with Gasteiger partial charge in [0.1, 0.15) is 5.78 Å². The summed E-state index contributed by atoms with van der Waals surface area (Å²) in [6.45, 7) is 4.42. The van der Waals surface area contributed by atoms with Crippen molar-refractivity contribution in [3.05, 3.63) is 0 Å². The SMILES string of the molecule is C[C@]12CC(F)C(=O)CC1CC[C@@H]1[C@H]2CC[C@]2(C)C(=O)CC[C@@H]12. The Morgan fingerprint density at radius 1 is 1.05 bits per heavy atom. The molecule has 4 aliphatic rings. The van der Waals surface area contributed by atoms with E-state index in [2.05, 4.69) is 13.8 Å². The Kier molecular flexibility index (Phi) is 3.13. The summed E-state index contributed by atoms with van der Waals surface area (Å²) in [5.41, 5.74) is -0.132. The number of hydrogen-bond acceptors (Lipinski definition) is 2. The normalized spacial score (nSPS) is 54.6. The van der Waals surface area contributed by atoms with Crippen molar-refractivity contribution in [1.82, 2.24) is 0 Å². The second-order valence-electron chi connectivity index (χ2n) is 8.92. The molecule has 122 valence electrons. The summed E-state index contributed by atoms with van der Waals surface area (Å²) in [7, 11) is 0. The van der Waals surface area contributed by atoms with Crippen LogP contribution in [0.25, 0.3) is 0 Å². The molecule has 2 nitrogen and oxygen atoms in total. The fourth-order valence-corrected chi connectivity index (χ4v) is 6.83. The van der Waals surface area contributed by atoms with Gasteiger partial charge in [-0.1, -0.05) is 13.8 Å². The molecule has 2 unspecified atom stereocenters. The second kappa shape index (κ2) is 4.64. The van der Waals surface area contributed by atoms with Crippen LogP contribution < -0.4 is 0 Å². The van der Waals surface area contributed by atoms with Crippen molar-refractivity contribution in [1.29, 1.82) is 0 Å². The molecule has 0 amide bonds. The third-order valence-corrected chi connectivity index (χ3v) is 8.19. The van der Waals surface area contributed by atoms with Crippen molar-refractivity contribution in [2.45, 2.75) is 71.4 Å². The van der Waals surface area contributed by atoms with Gasteiger partial charge in [0.05, 0.1) is 0 Å². The molecule has 0 bridgehead atoms. The first-order valence-electron chi connectivity index (χ1n) is 9.06. The molecule has 4 rings (SSSR count). The van der Waals surface area contributed by atoms with Crippen LogP contribution in [0.3, 0.4) is 0 Å². The zero-order chi connectivity index (χ0) is 15.7. The number of Topliss-reactive ketones (excluding diaryl/α,β-unsaturated/α-hetero) is 2. The average Bonchev–Trinajstić information content (AvgIpc) is 2.77. The predicted octanol–water partition coefficient (Wildman–Crippen LogP) is 4.12. The van der Waals surface area contributed by atoms with Gasteiger partial charge in [0.25, 0.3) is 0 Å². The van der Waals surface area contributed by atoms with Crippen LogP contribution in [0.5, 0.6) is 0 Å². The Morgan fingerprint density at radius 2 is 1.82 bits per heavy atom. The lowest BCUT2D eigenvalue weighted by Gasteiger charge is -2.59. The Hall–Kier alpha value is -0.730. The van der Waals surface area contributed by atoms with Crippen molar-refractivity contribution < 1.29 is 14.0 Å². The van der Waals surface area contributed by atoms with Gasteiger partial charge in [-0.25, -0.2) is 4.39 Å². The molecule has 0 aliphatic heterocycles. The minimum absolute atomic E-state index is 0.0246. The van der Waals surface area contributed by atoms with Crippen molar-refractivity contribution >= 4 is 11.6 Å². The van der Waals surface area contributed by atoms with E-state index in [0.29, 0.717) is 42.3 Å². The van der Waals surface area contributed by atoms with Crippen LogP contribution >= 0.6 is 0 Å². The summed E-state index contributed by atoms with van der Waals surface area (Å²) in [5.74, 6) is 2.26. The van der Waals surface area contributed by atoms with E-state index in [1.165, 1.54) is 0 Å². The molecule has 4 aliphatic carbocycles. The summed E-state index contributed by atoms with van der Waals surface area (Å²) >= 11 is 0. The van der Waals surface area contributed by atoms with Crippen LogP contribution in [0.4, 0.5) is 4.39 Å². The van der Waals surface area contributed by atoms with Gasteiger partial charge in [-0.3, -0.25) is 9.59 Å². The van der Waals surface area contributed by atoms with Crippen LogP contribution in [-0.4, -0.2) is 17.7 Å². The lowest BCUT2D eigenvalue weighted by Crippen LogP contribution is -2.55. The molecule has 22 heavy (non-hydrogen) atoms. The van der Waals surface area contributed by atoms with E-state index < -0.39 is 6.17 Å². The molecule has 3 heteroatoms. The zero-order valence-corrected chi connectivity index (χ0v) is 13.7. The van der Waals surface area contributed by atoms with Gasteiger partial charge < -0.3 is 0 Å². The van der Waals surface area contributed by atoms with Gasteiger partial charge in [-0.2, -0.15) is 0 Å². The fraction of sp³-hybridized carbons (Fsp3) is 0.895. The maximum Gasteiger partial charge on any atom is 0.167 e. The van der Waals surface area contributed by atoms with E-state index in [0.717, 1.165) is 38.5 Å². The van der Waals surface area contributed by atoms with E-state index >= 15 is 0 Å². The van der Waals surface area contributed by atoms with Gasteiger partial charge in [-0.05, 0) is 67.6 Å². The van der Waals surface area contributed by atoms with Crippen molar-refractivity contribution in [3.8, 4) is 0 Å². The van der Waals surface area contributed by atoms with Gasteiger partial charge >= 0.3 is 0 Å². The van der Waals surface area contributed by atoms with E-state index in [1.807, 2.05) is 0 Å². The van der Waals surface area contributed by atoms with Gasteiger partial charge in [0.2, 0.25) is 0 Å². The van der Waals surface area contributed by atoms with Gasteiger partial charge in [0.15, 0.2) is 12.0 Å². The highest BCUT2D eigenvalue weighted by Crippen LogP contribution is 2.65. The Morgan fingerprint density at radius 3 is 2.59 bits per heavy atom. The summed E-state index contributed by atoms with van der Waals surface area (Å²) in [6.07, 6.45) is 5.63. The highest BCUT2D eigenvalue weighted by molar-refractivity contribution is 5.87. The number of halogens is 1. The molecule has 0 radical (unpaired) electrons. The van der Waals surface area contributed by atoms with Gasteiger partial charge in [-0.15, -0.1) is 0 Å². The first-order valence-corrected chi connectivity index (χ1v) is 9.06. The monoisotopic (exact) mass is 306 g/mol. The second-order valence-corrected chi connectivity index (χ2v) is 8.92. The van der Waals surface area contributed by atoms with Crippen LogP contribution in [-0.2, 0) is 9.59 Å². The molecule has 0 heterocycles. The van der Waals surface area contributed by atoms with E-state index in [1.54, 1.807) is 0 Å². The van der Waals surface area contributed by atoms with Crippen LogP contribution in [0.1, 0.15) is 65.2 Å². The van der Waals surface area contributed by atoms with E-state index in [4.69, 9.17) is 0 Å². The maximum absolute atomic E-state index is 14.2. The highest BCUT2D eigenvalue weighted by atomic mass is 19.1. The molecular weight excluding hydrogens is 279 g/mol. The minimum atomic E-state index is -1.25. The fourth-order valence-electron chi connectivity index (χ4n) is 6.83. The van der Waals surface area contributed by atoms with Crippen molar-refractivity contribution in [3.63, 3.8) is 0 Å². The number of hydrogen-bond donors (Lipinski definition) is 0. The summed E-state index contributed by atoms with van der Waals surface area (Å²) < 4.78 is 14.2. The predicted molar refractivity (Wildman–Crippen MR) is 82.0 cm³/mol. The first-order chi connectivity index (χ1) is 10.4. The van der Waals surface area contributed by atoms with E-state index in [-0.39, 0.29) is 16.6 Å². The number of fused-ring (bicyclic) bond motifs is 5. The standard InChI is InChI=1S/C19H27FO2/c1-18-8-7-14-12(13(18)5-6-17(18)22)4-3-11-9-16(21)15(20)10-19(11,14)2/h11-15H,3-10H2,1-2H3/t11?,12-,13-,14+,15?,18-,19-/m0/s1. The summed E-state index contributed by atoms with van der Waals surface area (Å²) in [5, 5.41) is 0. The quantitative estimate of drug-likeness (QED) is 0.675. The molecule has 0 aromatic carbocycles. The molecule has 4 saturated carbocycles. The van der Waals surface area contributed by atoms with Crippen molar-refractivity contribution in [2.75, 3.05) is 0 Å². The Bertz CT molecular complexity index is 530. The molecule has 0 aromatic heterocycles. The molecule has 0 spiro atoms. The Labute approximate surface area is 132 Å². The molecular formula is C19H27FO2. The number of ketones is 2. The molecule has 4 fully saturated rings. The smallest absolute Gasteiger partial charge is 0.167 e. The maximum atomic E-state index is 14.2. The number of carbonyl (C=O) groups is 2. The molecule has 0 aromatic rings. The Balaban J connectivity index is 1.66. The van der Waals surface area contributed by atoms with Gasteiger partial charge in [0, 0.05) is 18.3 Å².